The van der Waals surface area contributed by atoms with E-state index in [1.807, 2.05) is 31.2 Å². The minimum absolute atomic E-state index is 0.0181. The lowest BCUT2D eigenvalue weighted by Gasteiger charge is -2.20. The van der Waals surface area contributed by atoms with Crippen LogP contribution in [-0.4, -0.2) is 46.0 Å². The van der Waals surface area contributed by atoms with Gasteiger partial charge in [-0.3, -0.25) is 9.59 Å². The van der Waals surface area contributed by atoms with Gasteiger partial charge in [0.2, 0.25) is 5.91 Å². The fraction of sp³-hybridized carbons (Fsp3) is 0.400. The summed E-state index contributed by atoms with van der Waals surface area (Å²) in [6.07, 6.45) is 1.64. The first kappa shape index (κ1) is 15.0. The molecule has 1 heterocycles. The number of rotatable bonds is 6. The highest BCUT2D eigenvalue weighted by atomic mass is 16.5. The van der Waals surface area contributed by atoms with Gasteiger partial charge in [0.1, 0.15) is 13.1 Å². The van der Waals surface area contributed by atoms with E-state index >= 15 is 0 Å². The van der Waals surface area contributed by atoms with Gasteiger partial charge in [-0.15, -0.1) is 0 Å². The highest BCUT2D eigenvalue weighted by Crippen LogP contribution is 2.12. The summed E-state index contributed by atoms with van der Waals surface area (Å²) in [5.74, 6) is -0.517. The number of nitrogens with zero attached hydrogens (tertiary/aromatic N) is 3. The molecule has 6 nitrogen and oxygen atoms in total. The van der Waals surface area contributed by atoms with E-state index in [0.29, 0.717) is 13.2 Å². The summed E-state index contributed by atoms with van der Waals surface area (Å²) in [4.78, 5) is 29.5. The molecule has 0 aliphatic carbocycles. The van der Waals surface area contributed by atoms with Crippen molar-refractivity contribution < 1.29 is 14.3 Å². The second kappa shape index (κ2) is 6.88. The number of hydrogen-bond donors (Lipinski definition) is 0. The molecular formula is C15H19N3O3. The van der Waals surface area contributed by atoms with Crippen LogP contribution in [0.15, 0.2) is 30.6 Å². The van der Waals surface area contributed by atoms with Crippen molar-refractivity contribution in [2.75, 3.05) is 19.7 Å². The van der Waals surface area contributed by atoms with Crippen molar-refractivity contribution in [2.24, 2.45) is 0 Å². The Morgan fingerprint density at radius 2 is 2.05 bits per heavy atom. The zero-order chi connectivity index (χ0) is 15.2. The molecule has 2 rings (SSSR count). The predicted octanol–water partition coefficient (Wildman–Crippen LogP) is 1.45. The molecule has 0 radical (unpaired) electrons. The van der Waals surface area contributed by atoms with E-state index in [0.717, 1.165) is 11.0 Å². The van der Waals surface area contributed by atoms with Crippen LogP contribution in [0.5, 0.6) is 0 Å². The van der Waals surface area contributed by atoms with Gasteiger partial charge in [0.05, 0.1) is 24.0 Å². The van der Waals surface area contributed by atoms with Crippen LogP contribution >= 0.6 is 0 Å². The van der Waals surface area contributed by atoms with Crippen LogP contribution < -0.4 is 0 Å². The molecule has 0 fully saturated rings. The fourth-order valence-corrected chi connectivity index (χ4v) is 2.12. The Balaban J connectivity index is 2.07. The van der Waals surface area contributed by atoms with Gasteiger partial charge in [0.25, 0.3) is 0 Å². The monoisotopic (exact) mass is 289 g/mol. The average molecular weight is 289 g/mol. The van der Waals surface area contributed by atoms with Gasteiger partial charge in [-0.1, -0.05) is 12.1 Å². The molecule has 0 saturated heterocycles. The van der Waals surface area contributed by atoms with E-state index in [2.05, 4.69) is 4.98 Å². The molecule has 6 heteroatoms. The Labute approximate surface area is 123 Å². The number of likely N-dealkylation sites (N-methyl/N-ethyl adjacent to an activating group) is 1. The van der Waals surface area contributed by atoms with E-state index in [4.69, 9.17) is 4.74 Å². The molecule has 2 aromatic rings. The minimum Gasteiger partial charge on any atom is -0.465 e. The van der Waals surface area contributed by atoms with Gasteiger partial charge >= 0.3 is 5.97 Å². The number of esters is 1. The molecule has 0 bridgehead atoms. The van der Waals surface area contributed by atoms with E-state index < -0.39 is 0 Å². The second-order valence-corrected chi connectivity index (χ2v) is 4.57. The van der Waals surface area contributed by atoms with Crippen molar-refractivity contribution >= 4 is 22.9 Å². The van der Waals surface area contributed by atoms with Gasteiger partial charge in [0, 0.05) is 6.54 Å². The normalized spacial score (nSPS) is 10.6. The molecule has 0 N–H and O–H groups in total. The van der Waals surface area contributed by atoms with Crippen molar-refractivity contribution in [1.29, 1.82) is 0 Å². The molecule has 0 saturated carbocycles. The summed E-state index contributed by atoms with van der Waals surface area (Å²) in [6.45, 7) is 4.50. The zero-order valence-corrected chi connectivity index (χ0v) is 12.3. The first-order valence-electron chi connectivity index (χ1n) is 6.99. The van der Waals surface area contributed by atoms with Crippen LogP contribution in [-0.2, 0) is 20.9 Å². The molecule has 112 valence electrons. The molecular weight excluding hydrogens is 270 g/mol. The van der Waals surface area contributed by atoms with E-state index in [9.17, 15) is 9.59 Å². The van der Waals surface area contributed by atoms with Crippen LogP contribution in [0, 0.1) is 0 Å². The van der Waals surface area contributed by atoms with E-state index in [-0.39, 0.29) is 25.0 Å². The number of aromatic nitrogens is 2. The summed E-state index contributed by atoms with van der Waals surface area (Å²) < 4.78 is 6.66. The van der Waals surface area contributed by atoms with Gasteiger partial charge in [-0.25, -0.2) is 4.98 Å². The predicted molar refractivity (Wildman–Crippen MR) is 78.6 cm³/mol. The number of para-hydroxylation sites is 2. The molecule has 21 heavy (non-hydrogen) atoms. The summed E-state index contributed by atoms with van der Waals surface area (Å²) in [5, 5.41) is 0. The van der Waals surface area contributed by atoms with Crippen LogP contribution in [0.1, 0.15) is 13.8 Å². The number of hydrogen-bond acceptors (Lipinski definition) is 4. The number of ether oxygens (including phenoxy) is 1. The molecule has 0 atom stereocenters. The third kappa shape index (κ3) is 3.59. The molecule has 1 aromatic heterocycles. The topological polar surface area (TPSA) is 64.4 Å². The van der Waals surface area contributed by atoms with Crippen LogP contribution in [0.25, 0.3) is 11.0 Å². The molecule has 0 aliphatic rings. The molecule has 1 amide bonds. The third-order valence-electron chi connectivity index (χ3n) is 3.19. The zero-order valence-electron chi connectivity index (χ0n) is 12.3. The maximum atomic E-state index is 12.3. The number of imidazole rings is 1. The molecule has 0 unspecified atom stereocenters. The van der Waals surface area contributed by atoms with Crippen molar-refractivity contribution in [2.45, 2.75) is 20.4 Å². The van der Waals surface area contributed by atoms with Crippen molar-refractivity contribution in [3.8, 4) is 0 Å². The Kier molecular flexibility index (Phi) is 4.92. The van der Waals surface area contributed by atoms with Gasteiger partial charge in [-0.05, 0) is 26.0 Å². The van der Waals surface area contributed by atoms with Gasteiger partial charge in [0.15, 0.2) is 0 Å². The summed E-state index contributed by atoms with van der Waals surface area (Å²) in [6, 6.07) is 7.62. The Hall–Kier alpha value is -2.37. The Morgan fingerprint density at radius 3 is 2.76 bits per heavy atom. The Morgan fingerprint density at radius 1 is 1.29 bits per heavy atom. The standard InChI is InChI=1S/C15H19N3O3/c1-3-17(10-15(20)21-4-2)14(19)9-18-11-16-12-7-5-6-8-13(12)18/h5-8,11H,3-4,9-10H2,1-2H3. The summed E-state index contributed by atoms with van der Waals surface area (Å²) in [7, 11) is 0. The number of fused-ring (bicyclic) bond motifs is 1. The maximum absolute atomic E-state index is 12.3. The van der Waals surface area contributed by atoms with Gasteiger partial charge < -0.3 is 14.2 Å². The second-order valence-electron chi connectivity index (χ2n) is 4.57. The maximum Gasteiger partial charge on any atom is 0.325 e. The van der Waals surface area contributed by atoms with Crippen molar-refractivity contribution in [1.82, 2.24) is 14.5 Å². The van der Waals surface area contributed by atoms with Crippen LogP contribution in [0.3, 0.4) is 0 Å². The van der Waals surface area contributed by atoms with Crippen molar-refractivity contribution in [3.05, 3.63) is 30.6 Å². The van der Waals surface area contributed by atoms with E-state index in [1.54, 1.807) is 17.8 Å². The third-order valence-corrected chi connectivity index (χ3v) is 3.19. The number of amides is 1. The number of carbonyl (C=O) groups excluding carboxylic acids is 2. The SMILES string of the molecule is CCOC(=O)CN(CC)C(=O)Cn1cnc2ccccc21. The highest BCUT2D eigenvalue weighted by molar-refractivity contribution is 5.83. The van der Waals surface area contributed by atoms with Crippen LogP contribution in [0.2, 0.25) is 0 Å². The summed E-state index contributed by atoms with van der Waals surface area (Å²) >= 11 is 0. The lowest BCUT2D eigenvalue weighted by atomic mass is 10.3. The molecule has 0 spiro atoms. The first-order chi connectivity index (χ1) is 10.2. The minimum atomic E-state index is -0.386. The Bertz CT molecular complexity index is 636. The lowest BCUT2D eigenvalue weighted by Crippen LogP contribution is -2.38. The van der Waals surface area contributed by atoms with E-state index in [1.165, 1.54) is 4.90 Å². The largest absolute Gasteiger partial charge is 0.465 e. The fourth-order valence-electron chi connectivity index (χ4n) is 2.12. The summed E-state index contributed by atoms with van der Waals surface area (Å²) in [5.41, 5.74) is 1.75. The van der Waals surface area contributed by atoms with Crippen molar-refractivity contribution in [3.63, 3.8) is 0 Å². The number of benzene rings is 1. The first-order valence-corrected chi connectivity index (χ1v) is 6.99. The highest BCUT2D eigenvalue weighted by Gasteiger charge is 2.17. The van der Waals surface area contributed by atoms with Gasteiger partial charge in [-0.2, -0.15) is 0 Å². The molecule has 0 aliphatic heterocycles. The molecule has 1 aromatic carbocycles. The average Bonchev–Trinajstić information content (AvgIpc) is 2.88. The lowest BCUT2D eigenvalue weighted by molar-refractivity contribution is -0.149. The number of carbonyl (C=O) groups is 2. The van der Waals surface area contributed by atoms with Crippen LogP contribution in [0.4, 0.5) is 0 Å². The quantitative estimate of drug-likeness (QED) is 0.755. The smallest absolute Gasteiger partial charge is 0.325 e.